The summed E-state index contributed by atoms with van der Waals surface area (Å²) in [5.74, 6) is 1.59. The number of nitrogens with zero attached hydrogens (tertiary/aromatic N) is 2. The highest BCUT2D eigenvalue weighted by atomic mass is 16.4. The van der Waals surface area contributed by atoms with Crippen molar-refractivity contribution < 1.29 is 14.7 Å². The molecule has 1 heterocycles. The number of aryl methyl sites for hydroxylation is 1. The number of carbonyl (C=O) groups is 2. The van der Waals surface area contributed by atoms with Crippen molar-refractivity contribution in [2.75, 3.05) is 26.7 Å². The van der Waals surface area contributed by atoms with Crippen LogP contribution in [0.5, 0.6) is 0 Å². The number of hydrogen-bond acceptors (Lipinski definition) is 3. The zero-order valence-electron chi connectivity index (χ0n) is 23.3. The minimum absolute atomic E-state index is 0.0638. The fraction of sp³-hybridized carbons (Fsp3) is 0.394. The van der Waals surface area contributed by atoms with Crippen molar-refractivity contribution in [3.63, 3.8) is 0 Å². The molecular weight excluding hydrogens is 486 g/mol. The van der Waals surface area contributed by atoms with Gasteiger partial charge in [0, 0.05) is 40.2 Å². The van der Waals surface area contributed by atoms with Crippen LogP contribution in [0.2, 0.25) is 0 Å². The molecule has 2 atom stereocenters. The summed E-state index contributed by atoms with van der Waals surface area (Å²) in [6.45, 7) is 7.50. The second-order valence-corrected chi connectivity index (χ2v) is 11.1. The van der Waals surface area contributed by atoms with E-state index in [9.17, 15) is 9.59 Å². The second kappa shape index (κ2) is 12.9. The molecule has 0 bridgehead atoms. The van der Waals surface area contributed by atoms with Crippen LogP contribution in [0.25, 0.3) is 0 Å². The van der Waals surface area contributed by atoms with Gasteiger partial charge in [-0.2, -0.15) is 0 Å². The topological polar surface area (TPSA) is 72.9 Å². The van der Waals surface area contributed by atoms with E-state index in [2.05, 4.69) is 65.7 Å². The Morgan fingerprint density at radius 1 is 0.949 bits per heavy atom. The number of hydrogen-bond donors (Lipinski definition) is 2. The molecule has 3 aromatic rings. The molecule has 2 amide bonds. The lowest BCUT2D eigenvalue weighted by molar-refractivity contribution is -0.121. The van der Waals surface area contributed by atoms with Crippen molar-refractivity contribution >= 4 is 12.0 Å². The average Bonchev–Trinajstić information content (AvgIpc) is 3.70. The number of carboxylic acid groups (broad SMARTS) is 1. The lowest BCUT2D eigenvalue weighted by atomic mass is 9.80. The number of nitrogens with one attached hydrogen (secondary N) is 1. The molecule has 2 aliphatic rings. The van der Waals surface area contributed by atoms with Crippen molar-refractivity contribution in [3.8, 4) is 0 Å². The molecule has 2 fully saturated rings. The van der Waals surface area contributed by atoms with E-state index in [1.807, 2.05) is 36.4 Å². The van der Waals surface area contributed by atoms with Crippen LogP contribution >= 0.6 is 0 Å². The summed E-state index contributed by atoms with van der Waals surface area (Å²) in [7, 11) is 1.55. The van der Waals surface area contributed by atoms with E-state index in [-0.39, 0.29) is 11.4 Å². The van der Waals surface area contributed by atoms with E-state index in [1.165, 1.54) is 34.6 Å². The van der Waals surface area contributed by atoms with Crippen LogP contribution in [-0.2, 0) is 16.9 Å². The first kappa shape index (κ1) is 28.4. The Kier molecular flexibility index (Phi) is 9.41. The Hall–Kier alpha value is -3.64. The first-order valence-corrected chi connectivity index (χ1v) is 13.9. The van der Waals surface area contributed by atoms with E-state index in [4.69, 9.17) is 5.11 Å². The third-order valence-electron chi connectivity index (χ3n) is 7.96. The van der Waals surface area contributed by atoms with Crippen LogP contribution in [0, 0.1) is 12.8 Å². The summed E-state index contributed by atoms with van der Waals surface area (Å²) in [6, 6.07) is 29.0. The molecule has 6 heteroatoms. The van der Waals surface area contributed by atoms with E-state index < -0.39 is 6.09 Å². The van der Waals surface area contributed by atoms with Crippen LogP contribution < -0.4 is 5.32 Å². The van der Waals surface area contributed by atoms with Gasteiger partial charge < -0.3 is 20.2 Å². The number of likely N-dealkylation sites (tertiary alicyclic amines) is 1. The highest BCUT2D eigenvalue weighted by molar-refractivity contribution is 5.74. The smallest absolute Gasteiger partial charge is 0.407 e. The average molecular weight is 528 g/mol. The Morgan fingerprint density at radius 2 is 1.54 bits per heavy atom. The quantitative estimate of drug-likeness (QED) is 0.394. The number of rotatable bonds is 7. The highest BCUT2D eigenvalue weighted by Gasteiger charge is 2.42. The third-order valence-corrected chi connectivity index (χ3v) is 7.96. The normalized spacial score (nSPS) is 19.8. The number of amides is 2. The molecule has 5 rings (SSSR count). The SMILES string of the molecule is CC(=O)NC1(c2ccccc2)CCN(C[C@@H]2C[C@@H]2c2ccc(C)cc2)CC1.CN(Cc1ccccc1)C(=O)O. The van der Waals surface area contributed by atoms with Gasteiger partial charge in [0.15, 0.2) is 0 Å². The molecular formula is C33H41N3O3. The van der Waals surface area contributed by atoms with Crippen molar-refractivity contribution in [1.29, 1.82) is 0 Å². The summed E-state index contributed by atoms with van der Waals surface area (Å²) >= 11 is 0. The van der Waals surface area contributed by atoms with Gasteiger partial charge in [0.25, 0.3) is 0 Å². The first-order valence-electron chi connectivity index (χ1n) is 13.9. The number of piperidine rings is 1. The van der Waals surface area contributed by atoms with Gasteiger partial charge >= 0.3 is 6.09 Å². The van der Waals surface area contributed by atoms with Gasteiger partial charge in [0.1, 0.15) is 0 Å². The van der Waals surface area contributed by atoms with Crippen molar-refractivity contribution in [1.82, 2.24) is 15.1 Å². The van der Waals surface area contributed by atoms with E-state index >= 15 is 0 Å². The maximum absolute atomic E-state index is 11.9. The summed E-state index contributed by atoms with van der Waals surface area (Å²) in [5, 5.41) is 11.8. The van der Waals surface area contributed by atoms with Crippen LogP contribution in [0.3, 0.4) is 0 Å². The third kappa shape index (κ3) is 7.93. The predicted molar refractivity (Wildman–Crippen MR) is 156 cm³/mol. The van der Waals surface area contributed by atoms with Gasteiger partial charge in [-0.15, -0.1) is 0 Å². The summed E-state index contributed by atoms with van der Waals surface area (Å²) in [4.78, 5) is 26.1. The number of benzene rings is 3. The molecule has 0 spiro atoms. The van der Waals surface area contributed by atoms with Gasteiger partial charge in [-0.3, -0.25) is 4.79 Å². The Labute approximate surface area is 232 Å². The predicted octanol–water partition coefficient (Wildman–Crippen LogP) is 6.02. The van der Waals surface area contributed by atoms with Crippen molar-refractivity contribution in [2.45, 2.75) is 51.1 Å². The molecule has 0 aromatic heterocycles. The van der Waals surface area contributed by atoms with Gasteiger partial charge in [-0.1, -0.05) is 90.5 Å². The van der Waals surface area contributed by atoms with Crippen LogP contribution in [-0.4, -0.2) is 53.6 Å². The van der Waals surface area contributed by atoms with Gasteiger partial charge in [-0.25, -0.2) is 4.79 Å². The van der Waals surface area contributed by atoms with Crippen molar-refractivity contribution in [3.05, 3.63) is 107 Å². The van der Waals surface area contributed by atoms with Crippen LogP contribution in [0.4, 0.5) is 4.79 Å². The lowest BCUT2D eigenvalue weighted by Crippen LogP contribution is -2.52. The maximum Gasteiger partial charge on any atom is 0.407 e. The monoisotopic (exact) mass is 527 g/mol. The van der Waals surface area contributed by atoms with Gasteiger partial charge in [0.2, 0.25) is 5.91 Å². The molecule has 39 heavy (non-hydrogen) atoms. The number of carbonyl (C=O) groups excluding carboxylic acids is 1. The molecule has 0 radical (unpaired) electrons. The standard InChI is InChI=1S/C24H30N2O.C9H11NO2/c1-18-8-10-20(11-9-18)23-16-21(23)17-26-14-12-24(13-15-26,25-19(2)27)22-6-4-3-5-7-22;1-10(9(11)12)7-8-5-3-2-4-6-8/h3-11,21,23H,12-17H2,1-2H3,(H,25,27);2-6H,7H2,1H3,(H,11,12)/t21-,23+;/m0./s1. The largest absolute Gasteiger partial charge is 0.465 e. The molecule has 0 unspecified atom stereocenters. The van der Waals surface area contributed by atoms with E-state index in [1.54, 1.807) is 14.0 Å². The summed E-state index contributed by atoms with van der Waals surface area (Å²) in [6.07, 6.45) is 2.38. The minimum atomic E-state index is -0.904. The molecule has 1 aliphatic carbocycles. The van der Waals surface area contributed by atoms with Crippen LogP contribution in [0.15, 0.2) is 84.9 Å². The Morgan fingerprint density at radius 3 is 2.10 bits per heavy atom. The van der Waals surface area contributed by atoms with E-state index in [0.29, 0.717) is 6.54 Å². The fourth-order valence-electron chi connectivity index (χ4n) is 5.63. The molecule has 3 aromatic carbocycles. The molecule has 2 N–H and O–H groups in total. The fourth-order valence-corrected chi connectivity index (χ4v) is 5.63. The zero-order chi connectivity index (χ0) is 27.8. The molecule has 6 nitrogen and oxygen atoms in total. The molecule has 1 saturated carbocycles. The van der Waals surface area contributed by atoms with Crippen LogP contribution in [0.1, 0.15) is 54.4 Å². The Balaban J connectivity index is 0.000000247. The lowest BCUT2D eigenvalue weighted by Gasteiger charge is -2.43. The highest BCUT2D eigenvalue weighted by Crippen LogP contribution is 2.48. The molecule has 206 valence electrons. The molecule has 1 aliphatic heterocycles. The first-order chi connectivity index (χ1) is 18.8. The molecule has 1 saturated heterocycles. The summed E-state index contributed by atoms with van der Waals surface area (Å²) < 4.78 is 0. The van der Waals surface area contributed by atoms with Gasteiger partial charge in [-0.05, 0) is 54.7 Å². The maximum atomic E-state index is 11.9. The van der Waals surface area contributed by atoms with Gasteiger partial charge in [0.05, 0.1) is 5.54 Å². The van der Waals surface area contributed by atoms with E-state index in [0.717, 1.165) is 43.3 Å². The summed E-state index contributed by atoms with van der Waals surface area (Å²) in [5.41, 5.74) is 4.87. The second-order valence-electron chi connectivity index (χ2n) is 11.1. The van der Waals surface area contributed by atoms with Crippen molar-refractivity contribution in [2.24, 2.45) is 5.92 Å². The zero-order valence-corrected chi connectivity index (χ0v) is 23.3. The minimum Gasteiger partial charge on any atom is -0.465 e. The Bertz CT molecular complexity index is 1210.